The Bertz CT molecular complexity index is 4030. The molecule has 0 saturated heterocycles. The molecule has 0 N–H and O–H groups in total. The highest BCUT2D eigenvalue weighted by atomic mass is 32.1. The summed E-state index contributed by atoms with van der Waals surface area (Å²) in [4.78, 5) is 5.26. The molecule has 0 fully saturated rings. The van der Waals surface area contributed by atoms with E-state index in [0.29, 0.717) is 11.8 Å². The van der Waals surface area contributed by atoms with E-state index in [-0.39, 0.29) is 17.5 Å². The fourth-order valence-corrected chi connectivity index (χ4v) is 15.4. The normalized spacial score (nSPS) is 14.5. The van der Waals surface area contributed by atoms with Gasteiger partial charge in [0, 0.05) is 43.3 Å². The molecule has 1 aromatic heterocycles. The standard InChI is InChI=1S/C73H67BN2S/c1-42(2)51-20-17-21-52(43(3)4)67(51)46-26-35-62-63(38-46)75(49-30-24-44(5)25-31-49)64-36-45(6)37-65-68(64)74(62)70-69(76(65)50-32-27-47(28-33-50)71(7,8)9)57-40-56-55-34-29-48(72(10,11)12)39-60(55)73(61(56)41-66(57)77-70)58-22-15-13-18-53(58)54-19-14-16-23-59(54)73/h13-43H,1-12H3. The Morgan fingerprint density at radius 2 is 1.03 bits per heavy atom. The quantitative estimate of drug-likeness (QED) is 0.159. The van der Waals surface area contributed by atoms with Crippen molar-refractivity contribution in [2.45, 2.75) is 111 Å². The topological polar surface area (TPSA) is 6.48 Å². The second kappa shape index (κ2) is 16.8. The molecule has 0 amide bonds. The number of hydrogen-bond donors (Lipinski definition) is 0. The van der Waals surface area contributed by atoms with Gasteiger partial charge in [-0.1, -0.05) is 196 Å². The van der Waals surface area contributed by atoms with Crippen LogP contribution in [0.25, 0.3) is 43.5 Å². The molecule has 10 aromatic rings. The van der Waals surface area contributed by atoms with Crippen LogP contribution < -0.4 is 25.5 Å². The van der Waals surface area contributed by atoms with Crippen molar-refractivity contribution in [3.63, 3.8) is 0 Å². The second-order valence-corrected chi connectivity index (χ2v) is 26.5. The minimum absolute atomic E-state index is 0.00729. The van der Waals surface area contributed by atoms with Crippen LogP contribution in [0.2, 0.25) is 0 Å². The van der Waals surface area contributed by atoms with Crippen LogP contribution >= 0.6 is 11.3 Å². The summed E-state index contributed by atoms with van der Waals surface area (Å²) in [6.45, 7) is 27.9. The maximum Gasteiger partial charge on any atom is 0.264 e. The van der Waals surface area contributed by atoms with Crippen LogP contribution in [-0.2, 0) is 16.2 Å². The van der Waals surface area contributed by atoms with Gasteiger partial charge in [-0.15, -0.1) is 11.3 Å². The van der Waals surface area contributed by atoms with Gasteiger partial charge >= 0.3 is 0 Å². The van der Waals surface area contributed by atoms with E-state index in [1.54, 1.807) is 0 Å². The zero-order chi connectivity index (χ0) is 53.2. The Hall–Kier alpha value is -7.40. The summed E-state index contributed by atoms with van der Waals surface area (Å²) < 4.78 is 2.72. The number of hydrogen-bond acceptors (Lipinski definition) is 3. The van der Waals surface area contributed by atoms with Gasteiger partial charge in [0.05, 0.1) is 11.1 Å². The van der Waals surface area contributed by atoms with Crippen LogP contribution in [0.4, 0.5) is 34.1 Å². The van der Waals surface area contributed by atoms with Crippen molar-refractivity contribution in [1.29, 1.82) is 0 Å². The van der Waals surface area contributed by atoms with Crippen molar-refractivity contribution in [2.75, 3.05) is 9.80 Å². The number of nitrogens with zero attached hydrogens (tertiary/aromatic N) is 2. The maximum absolute atomic E-state index is 2.66. The molecular formula is C73H67BN2S. The lowest BCUT2D eigenvalue weighted by Gasteiger charge is -2.43. The molecule has 0 radical (unpaired) electrons. The molecule has 4 heteroatoms. The van der Waals surface area contributed by atoms with Gasteiger partial charge in [0.15, 0.2) is 0 Å². The Labute approximate surface area is 461 Å². The van der Waals surface area contributed by atoms with Crippen LogP contribution in [0.1, 0.15) is 137 Å². The minimum Gasteiger partial charge on any atom is -0.311 e. The van der Waals surface area contributed by atoms with Crippen molar-refractivity contribution in [3.05, 3.63) is 232 Å². The zero-order valence-corrected chi connectivity index (χ0v) is 47.6. The first-order valence-corrected chi connectivity index (χ1v) is 28.9. The average Bonchev–Trinajstić information content (AvgIpc) is 4.00. The van der Waals surface area contributed by atoms with Crippen molar-refractivity contribution < 1.29 is 0 Å². The molecule has 1 spiro atoms. The van der Waals surface area contributed by atoms with E-state index in [0.717, 1.165) is 0 Å². The van der Waals surface area contributed by atoms with Crippen molar-refractivity contribution in [3.8, 4) is 33.4 Å². The van der Waals surface area contributed by atoms with Gasteiger partial charge in [-0.25, -0.2) is 0 Å². The molecule has 0 bridgehead atoms. The third kappa shape index (κ3) is 6.86. The Balaban J connectivity index is 1.09. The Morgan fingerprint density at radius 3 is 1.65 bits per heavy atom. The molecular weight excluding hydrogens is 948 g/mol. The minimum atomic E-state index is -0.461. The molecule has 3 heterocycles. The van der Waals surface area contributed by atoms with E-state index < -0.39 is 5.41 Å². The highest BCUT2D eigenvalue weighted by Gasteiger charge is 2.53. The molecule has 2 nitrogen and oxygen atoms in total. The van der Waals surface area contributed by atoms with E-state index in [1.807, 2.05) is 11.3 Å². The highest BCUT2D eigenvalue weighted by molar-refractivity contribution is 7.33. The van der Waals surface area contributed by atoms with Crippen LogP contribution in [0, 0.1) is 13.8 Å². The summed E-state index contributed by atoms with van der Waals surface area (Å²) in [5, 5.41) is 1.31. The third-order valence-corrected chi connectivity index (χ3v) is 19.0. The number of anilines is 6. The van der Waals surface area contributed by atoms with Crippen LogP contribution in [-0.4, -0.2) is 6.71 Å². The van der Waals surface area contributed by atoms with Gasteiger partial charge < -0.3 is 9.80 Å². The number of aryl methyl sites for hydroxylation is 2. The first kappa shape index (κ1) is 48.0. The molecule has 2 aliphatic carbocycles. The van der Waals surface area contributed by atoms with Crippen LogP contribution in [0.3, 0.4) is 0 Å². The summed E-state index contributed by atoms with van der Waals surface area (Å²) in [5.41, 5.74) is 31.2. The van der Waals surface area contributed by atoms with Crippen molar-refractivity contribution >= 4 is 78.0 Å². The Kier molecular flexibility index (Phi) is 10.5. The van der Waals surface area contributed by atoms with E-state index in [4.69, 9.17) is 0 Å². The zero-order valence-electron chi connectivity index (χ0n) is 46.8. The molecule has 0 saturated carbocycles. The maximum atomic E-state index is 2.66. The van der Waals surface area contributed by atoms with Crippen molar-refractivity contribution in [1.82, 2.24) is 0 Å². The molecule has 0 unspecified atom stereocenters. The predicted octanol–water partition coefficient (Wildman–Crippen LogP) is 18.5. The van der Waals surface area contributed by atoms with Crippen LogP contribution in [0.5, 0.6) is 0 Å². The summed E-state index contributed by atoms with van der Waals surface area (Å²) in [7, 11) is 0. The lowest BCUT2D eigenvalue weighted by Crippen LogP contribution is -2.60. The molecule has 378 valence electrons. The number of benzene rings is 9. The van der Waals surface area contributed by atoms with Gasteiger partial charge in [0.1, 0.15) is 0 Å². The van der Waals surface area contributed by atoms with Gasteiger partial charge in [-0.2, -0.15) is 0 Å². The van der Waals surface area contributed by atoms with Crippen molar-refractivity contribution in [2.24, 2.45) is 0 Å². The smallest absolute Gasteiger partial charge is 0.264 e. The second-order valence-electron chi connectivity index (χ2n) is 25.4. The highest BCUT2D eigenvalue weighted by Crippen LogP contribution is 2.64. The fraction of sp³-hybridized carbons (Fsp3) is 0.233. The first-order valence-electron chi connectivity index (χ1n) is 28.1. The molecule has 2 aliphatic heterocycles. The van der Waals surface area contributed by atoms with Gasteiger partial charge in [-0.3, -0.25) is 0 Å². The first-order chi connectivity index (χ1) is 36.9. The summed E-state index contributed by atoms with van der Waals surface area (Å²) in [6, 6.07) is 69.4. The van der Waals surface area contributed by atoms with Crippen LogP contribution in [0.15, 0.2) is 176 Å². The molecule has 4 aliphatic rings. The van der Waals surface area contributed by atoms with E-state index in [9.17, 15) is 0 Å². The van der Waals surface area contributed by atoms with Gasteiger partial charge in [-0.05, 0) is 185 Å². The SMILES string of the molecule is Cc1ccc(N2c3cc(-c4c(C(C)C)cccc4C(C)C)ccc3B3c4sc5cc6c(cc5c4N(c4ccc(C(C)(C)C)cc4)c4cc(C)cc2c43)-c2ccc(C(C)(C)C)cc2C62c3ccccc3-c3ccccc32)cc1. The summed E-state index contributed by atoms with van der Waals surface area (Å²) in [5.74, 6) is 0.752. The largest absolute Gasteiger partial charge is 0.311 e. The lowest BCUT2D eigenvalue weighted by atomic mass is 9.36. The number of thiophene rings is 1. The van der Waals surface area contributed by atoms with E-state index in [2.05, 4.69) is 269 Å². The van der Waals surface area contributed by atoms with Gasteiger partial charge in [0.25, 0.3) is 6.71 Å². The lowest BCUT2D eigenvalue weighted by molar-refractivity contribution is 0.588. The van der Waals surface area contributed by atoms with Gasteiger partial charge in [0.2, 0.25) is 0 Å². The summed E-state index contributed by atoms with van der Waals surface area (Å²) >= 11 is 2.02. The number of fused-ring (bicyclic) bond motifs is 16. The van der Waals surface area contributed by atoms with E-state index in [1.165, 1.54) is 149 Å². The predicted molar refractivity (Wildman–Crippen MR) is 333 cm³/mol. The van der Waals surface area contributed by atoms with E-state index >= 15 is 0 Å². The molecule has 9 aromatic carbocycles. The third-order valence-electron chi connectivity index (χ3n) is 17.8. The Morgan fingerprint density at radius 1 is 0.468 bits per heavy atom. The molecule has 14 rings (SSSR count). The average molecular weight is 1020 g/mol. The fourth-order valence-electron chi connectivity index (χ4n) is 14.1. The number of rotatable bonds is 5. The summed E-state index contributed by atoms with van der Waals surface area (Å²) in [6.07, 6.45) is 0. The molecule has 77 heavy (non-hydrogen) atoms. The monoisotopic (exact) mass is 1010 g/mol. The molecule has 0 atom stereocenters.